The van der Waals surface area contributed by atoms with Gasteiger partial charge < -0.3 is 14.4 Å². The molecule has 1 amide bonds. The lowest BCUT2D eigenvalue weighted by Gasteiger charge is -2.19. The van der Waals surface area contributed by atoms with Crippen LogP contribution in [0.1, 0.15) is 27.0 Å². The first-order valence-electron chi connectivity index (χ1n) is 11.3. The molecule has 39 heavy (non-hydrogen) atoms. The molecular formula is C24H21F6N3O5S. The minimum atomic E-state index is -4.78. The van der Waals surface area contributed by atoms with Crippen molar-refractivity contribution in [3.8, 4) is 11.5 Å². The Labute approximate surface area is 218 Å². The second kappa shape index (κ2) is 10.2. The SMILES string of the molecule is CNS(=O)(=O)Cc1ccc(N2Cc3c(c(OCC(F)(F)F)c4ncccc4c3OCC(F)(F)F)C2=O)c(C)c1. The van der Waals surface area contributed by atoms with Crippen molar-refractivity contribution in [3.05, 3.63) is 58.8 Å². The number of aryl methyl sites for hydroxylation is 1. The molecule has 15 heteroatoms. The van der Waals surface area contributed by atoms with Crippen molar-refractivity contribution in [1.82, 2.24) is 9.71 Å². The summed E-state index contributed by atoms with van der Waals surface area (Å²) in [6, 6.07) is 7.09. The molecule has 3 aromatic rings. The zero-order valence-corrected chi connectivity index (χ0v) is 21.2. The molecule has 210 valence electrons. The molecule has 1 N–H and O–H groups in total. The Hall–Kier alpha value is -3.59. The fourth-order valence-corrected chi connectivity index (χ4v) is 5.02. The third-order valence-corrected chi connectivity index (χ3v) is 7.16. The van der Waals surface area contributed by atoms with Crippen LogP contribution >= 0.6 is 0 Å². The van der Waals surface area contributed by atoms with E-state index in [1.165, 1.54) is 43.6 Å². The van der Waals surface area contributed by atoms with Crippen LogP contribution in [0, 0.1) is 6.92 Å². The highest BCUT2D eigenvalue weighted by atomic mass is 32.2. The van der Waals surface area contributed by atoms with Gasteiger partial charge in [0, 0.05) is 22.8 Å². The minimum absolute atomic E-state index is 0.0586. The second-order valence-corrected chi connectivity index (χ2v) is 10.6. The Kier molecular flexibility index (Phi) is 7.42. The maximum absolute atomic E-state index is 13.6. The lowest BCUT2D eigenvalue weighted by molar-refractivity contribution is -0.154. The van der Waals surface area contributed by atoms with E-state index in [-0.39, 0.29) is 40.2 Å². The van der Waals surface area contributed by atoms with Gasteiger partial charge in [-0.15, -0.1) is 0 Å². The van der Waals surface area contributed by atoms with Gasteiger partial charge in [-0.1, -0.05) is 12.1 Å². The van der Waals surface area contributed by atoms with Crippen LogP contribution < -0.4 is 19.1 Å². The largest absolute Gasteiger partial charge is 0.483 e. The summed E-state index contributed by atoms with van der Waals surface area (Å²) >= 11 is 0. The smallest absolute Gasteiger partial charge is 0.422 e. The number of nitrogens with zero attached hydrogens (tertiary/aromatic N) is 2. The number of carbonyl (C=O) groups is 1. The van der Waals surface area contributed by atoms with Gasteiger partial charge in [0.05, 0.1) is 17.9 Å². The molecule has 0 bridgehead atoms. The molecule has 0 atom stereocenters. The molecule has 4 rings (SSSR count). The molecule has 0 spiro atoms. The summed E-state index contributed by atoms with van der Waals surface area (Å²) in [5.74, 6) is -2.07. The molecule has 2 aromatic carbocycles. The number of carbonyl (C=O) groups excluding carboxylic acids is 1. The Bertz CT molecular complexity index is 1540. The van der Waals surface area contributed by atoms with Crippen LogP contribution in [-0.2, 0) is 22.3 Å². The number of aromatic nitrogens is 1. The topological polar surface area (TPSA) is 97.8 Å². The third kappa shape index (κ3) is 6.19. The van der Waals surface area contributed by atoms with Crippen LogP contribution in [0.2, 0.25) is 0 Å². The Balaban J connectivity index is 1.85. The molecule has 0 radical (unpaired) electrons. The van der Waals surface area contributed by atoms with Gasteiger partial charge in [-0.25, -0.2) is 13.1 Å². The van der Waals surface area contributed by atoms with Crippen molar-refractivity contribution < 1.29 is 49.0 Å². The number of pyridine rings is 1. The highest BCUT2D eigenvalue weighted by molar-refractivity contribution is 7.88. The van der Waals surface area contributed by atoms with Crippen molar-refractivity contribution in [2.24, 2.45) is 0 Å². The molecule has 0 fully saturated rings. The summed E-state index contributed by atoms with van der Waals surface area (Å²) in [5, 5.41) is -0.0586. The summed E-state index contributed by atoms with van der Waals surface area (Å²) in [5.41, 5.74) is 0.345. The van der Waals surface area contributed by atoms with Crippen molar-refractivity contribution >= 4 is 32.5 Å². The molecule has 1 aliphatic heterocycles. The maximum Gasteiger partial charge on any atom is 0.422 e. The summed E-state index contributed by atoms with van der Waals surface area (Å²) in [6.45, 7) is -2.24. The average Bonchev–Trinajstić information content (AvgIpc) is 3.16. The van der Waals surface area contributed by atoms with Crippen molar-refractivity contribution in [2.75, 3.05) is 25.2 Å². The average molecular weight is 578 g/mol. The number of nitrogens with one attached hydrogen (secondary N) is 1. The Morgan fingerprint density at radius 2 is 1.67 bits per heavy atom. The van der Waals surface area contributed by atoms with E-state index < -0.39 is 52.8 Å². The zero-order valence-electron chi connectivity index (χ0n) is 20.4. The number of hydrogen-bond donors (Lipinski definition) is 1. The number of benzene rings is 2. The molecule has 1 aromatic heterocycles. The Morgan fingerprint density at radius 1 is 1.03 bits per heavy atom. The van der Waals surface area contributed by atoms with Gasteiger partial charge >= 0.3 is 12.4 Å². The molecule has 0 saturated heterocycles. The molecule has 1 aliphatic rings. The number of sulfonamides is 1. The summed E-state index contributed by atoms with van der Waals surface area (Å²) < 4.78 is 114. The van der Waals surface area contributed by atoms with E-state index in [0.717, 1.165) is 4.90 Å². The lowest BCUT2D eigenvalue weighted by atomic mass is 10.0. The monoisotopic (exact) mass is 577 g/mol. The van der Waals surface area contributed by atoms with Crippen molar-refractivity contribution in [2.45, 2.75) is 31.6 Å². The standard InChI is InChI=1S/C24H21F6N3O5S/c1-13-8-14(10-39(35,36)31-2)5-6-17(13)33-9-16-18(22(33)34)21(38-12-24(28,29)30)19-15(4-3-7-32-19)20(16)37-11-23(25,26)27/h3-8,31H,9-12H2,1-2H3. The number of amides is 1. The molecule has 0 unspecified atom stereocenters. The van der Waals surface area contributed by atoms with Crippen LogP contribution in [0.4, 0.5) is 32.0 Å². The predicted octanol–water partition coefficient (Wildman–Crippen LogP) is 4.64. The van der Waals surface area contributed by atoms with Crippen molar-refractivity contribution in [3.63, 3.8) is 0 Å². The second-order valence-electron chi connectivity index (χ2n) is 8.69. The van der Waals surface area contributed by atoms with Crippen LogP contribution in [0.5, 0.6) is 11.5 Å². The highest BCUT2D eigenvalue weighted by Crippen LogP contribution is 2.46. The summed E-state index contributed by atoms with van der Waals surface area (Å²) in [6.07, 6.45) is -8.32. The lowest BCUT2D eigenvalue weighted by Crippen LogP contribution is -2.25. The molecular weight excluding hydrogens is 556 g/mol. The molecule has 0 aliphatic carbocycles. The summed E-state index contributed by atoms with van der Waals surface area (Å²) in [7, 11) is -2.34. The van der Waals surface area contributed by atoms with Gasteiger partial charge in [0.1, 0.15) is 11.3 Å². The van der Waals surface area contributed by atoms with E-state index in [1.807, 2.05) is 0 Å². The first kappa shape index (κ1) is 28.4. The van der Waals surface area contributed by atoms with Gasteiger partial charge in [0.15, 0.2) is 19.0 Å². The normalized spacial score (nSPS) is 14.2. The number of anilines is 1. The third-order valence-electron chi connectivity index (χ3n) is 5.83. The number of ether oxygens (including phenoxy) is 2. The number of alkyl halides is 6. The fraction of sp³-hybridized carbons (Fsp3) is 0.333. The van der Waals surface area contributed by atoms with Gasteiger partial charge in [-0.2, -0.15) is 26.3 Å². The Morgan fingerprint density at radius 3 is 2.26 bits per heavy atom. The number of fused-ring (bicyclic) bond motifs is 2. The number of halogens is 6. The quantitative estimate of drug-likeness (QED) is 0.392. The first-order valence-corrected chi connectivity index (χ1v) is 12.9. The molecule has 8 nitrogen and oxygen atoms in total. The van der Waals surface area contributed by atoms with Crippen LogP contribution in [0.25, 0.3) is 10.9 Å². The van der Waals surface area contributed by atoms with Gasteiger partial charge in [0.25, 0.3) is 5.91 Å². The van der Waals surface area contributed by atoms with Crippen LogP contribution in [0.15, 0.2) is 36.5 Å². The minimum Gasteiger partial charge on any atom is -0.483 e. The zero-order chi connectivity index (χ0) is 28.8. The van der Waals surface area contributed by atoms with E-state index in [1.54, 1.807) is 6.92 Å². The van der Waals surface area contributed by atoms with E-state index >= 15 is 0 Å². The highest BCUT2D eigenvalue weighted by Gasteiger charge is 2.40. The van der Waals surface area contributed by atoms with Crippen molar-refractivity contribution in [1.29, 1.82) is 0 Å². The summed E-state index contributed by atoms with van der Waals surface area (Å²) in [4.78, 5) is 18.7. The van der Waals surface area contributed by atoms with Crippen LogP contribution in [0.3, 0.4) is 0 Å². The van der Waals surface area contributed by atoms with E-state index in [0.29, 0.717) is 11.1 Å². The number of hydrogen-bond acceptors (Lipinski definition) is 6. The van der Waals surface area contributed by atoms with E-state index in [9.17, 15) is 39.6 Å². The van der Waals surface area contributed by atoms with E-state index in [4.69, 9.17) is 9.47 Å². The van der Waals surface area contributed by atoms with E-state index in [2.05, 4.69) is 9.71 Å². The van der Waals surface area contributed by atoms with Gasteiger partial charge in [-0.3, -0.25) is 9.78 Å². The fourth-order valence-electron chi connectivity index (χ4n) is 4.25. The number of rotatable bonds is 8. The molecule has 0 saturated carbocycles. The van der Waals surface area contributed by atoms with Crippen LogP contribution in [-0.4, -0.2) is 51.9 Å². The van der Waals surface area contributed by atoms with Gasteiger partial charge in [-0.05, 0) is 43.3 Å². The first-order chi connectivity index (χ1) is 18.1. The molecule has 2 heterocycles. The van der Waals surface area contributed by atoms with Gasteiger partial charge in [0.2, 0.25) is 10.0 Å². The predicted molar refractivity (Wildman–Crippen MR) is 128 cm³/mol. The maximum atomic E-state index is 13.6.